The lowest BCUT2D eigenvalue weighted by atomic mass is 10.0. The van der Waals surface area contributed by atoms with E-state index < -0.39 is 0 Å². The second-order valence-corrected chi connectivity index (χ2v) is 4.53. The zero-order valence-corrected chi connectivity index (χ0v) is 9.00. The molecule has 76 valence electrons. The van der Waals surface area contributed by atoms with Gasteiger partial charge in [-0.2, -0.15) is 0 Å². The van der Waals surface area contributed by atoms with Crippen LogP contribution in [0.2, 0.25) is 0 Å². The summed E-state index contributed by atoms with van der Waals surface area (Å²) in [6, 6.07) is 4.00. The molecule has 0 unspecified atom stereocenters. The zero-order chi connectivity index (χ0) is 10.1. The standard InChI is InChI=1S/C11H11N3S/c1-3-12-4-2-8(1)11-14-10(7-15-11)9-5-13-6-9/h1-4,7,9,13H,5-6H2. The molecule has 0 bridgehead atoms. The van der Waals surface area contributed by atoms with Gasteiger partial charge in [-0.3, -0.25) is 4.98 Å². The topological polar surface area (TPSA) is 37.8 Å². The van der Waals surface area contributed by atoms with Gasteiger partial charge in [0, 0.05) is 42.3 Å². The highest BCUT2D eigenvalue weighted by Gasteiger charge is 2.21. The smallest absolute Gasteiger partial charge is 0.123 e. The molecule has 0 aliphatic carbocycles. The van der Waals surface area contributed by atoms with Crippen molar-refractivity contribution in [3.8, 4) is 10.6 Å². The first kappa shape index (κ1) is 9.00. The number of nitrogens with zero attached hydrogens (tertiary/aromatic N) is 2. The van der Waals surface area contributed by atoms with E-state index in [1.807, 2.05) is 12.1 Å². The highest BCUT2D eigenvalue weighted by molar-refractivity contribution is 7.13. The van der Waals surface area contributed by atoms with E-state index >= 15 is 0 Å². The Bertz CT molecular complexity index is 448. The fourth-order valence-electron chi connectivity index (χ4n) is 1.60. The molecule has 1 aliphatic rings. The molecule has 3 heterocycles. The van der Waals surface area contributed by atoms with Crippen LogP contribution in [0.1, 0.15) is 11.6 Å². The van der Waals surface area contributed by atoms with Gasteiger partial charge >= 0.3 is 0 Å². The molecular formula is C11H11N3S. The van der Waals surface area contributed by atoms with Gasteiger partial charge in [-0.1, -0.05) is 0 Å². The number of rotatable bonds is 2. The summed E-state index contributed by atoms with van der Waals surface area (Å²) < 4.78 is 0. The van der Waals surface area contributed by atoms with Gasteiger partial charge in [0.15, 0.2) is 0 Å². The molecule has 0 aromatic carbocycles. The molecule has 15 heavy (non-hydrogen) atoms. The molecule has 4 heteroatoms. The molecular weight excluding hydrogens is 206 g/mol. The maximum absolute atomic E-state index is 4.65. The van der Waals surface area contributed by atoms with Crippen molar-refractivity contribution in [2.75, 3.05) is 13.1 Å². The number of pyridine rings is 1. The number of nitrogens with one attached hydrogen (secondary N) is 1. The fraction of sp³-hybridized carbons (Fsp3) is 0.273. The molecule has 0 radical (unpaired) electrons. The van der Waals surface area contributed by atoms with Crippen LogP contribution in [0.5, 0.6) is 0 Å². The maximum Gasteiger partial charge on any atom is 0.123 e. The lowest BCUT2D eigenvalue weighted by Crippen LogP contribution is -2.40. The molecule has 2 aromatic rings. The van der Waals surface area contributed by atoms with Crippen LogP contribution < -0.4 is 5.32 Å². The Labute approximate surface area is 92.2 Å². The Morgan fingerprint density at radius 2 is 2.07 bits per heavy atom. The van der Waals surface area contributed by atoms with Crippen molar-refractivity contribution in [2.45, 2.75) is 5.92 Å². The molecule has 0 amide bonds. The Morgan fingerprint density at radius 1 is 1.27 bits per heavy atom. The number of hydrogen-bond donors (Lipinski definition) is 1. The molecule has 1 aliphatic heterocycles. The molecule has 0 atom stereocenters. The average molecular weight is 217 g/mol. The van der Waals surface area contributed by atoms with Gasteiger partial charge in [-0.05, 0) is 12.1 Å². The highest BCUT2D eigenvalue weighted by Crippen LogP contribution is 2.27. The van der Waals surface area contributed by atoms with Crippen molar-refractivity contribution in [3.63, 3.8) is 0 Å². The first-order chi connectivity index (χ1) is 7.43. The summed E-state index contributed by atoms with van der Waals surface area (Å²) >= 11 is 1.71. The van der Waals surface area contributed by atoms with Gasteiger partial charge in [0.1, 0.15) is 5.01 Å². The Balaban J connectivity index is 1.90. The fourth-order valence-corrected chi connectivity index (χ4v) is 2.51. The van der Waals surface area contributed by atoms with Crippen molar-refractivity contribution in [2.24, 2.45) is 0 Å². The second-order valence-electron chi connectivity index (χ2n) is 3.67. The lowest BCUT2D eigenvalue weighted by Gasteiger charge is -2.25. The van der Waals surface area contributed by atoms with E-state index in [2.05, 4.69) is 20.7 Å². The molecule has 1 saturated heterocycles. The largest absolute Gasteiger partial charge is 0.315 e. The van der Waals surface area contributed by atoms with E-state index in [1.165, 1.54) is 5.69 Å². The van der Waals surface area contributed by atoms with E-state index in [4.69, 9.17) is 0 Å². The molecule has 0 saturated carbocycles. The van der Waals surface area contributed by atoms with Crippen LogP contribution >= 0.6 is 11.3 Å². The van der Waals surface area contributed by atoms with E-state index in [9.17, 15) is 0 Å². The molecule has 1 fully saturated rings. The van der Waals surface area contributed by atoms with Crippen LogP contribution in [0, 0.1) is 0 Å². The lowest BCUT2D eigenvalue weighted by molar-refractivity contribution is 0.441. The minimum atomic E-state index is 0.622. The van der Waals surface area contributed by atoms with Crippen LogP contribution in [-0.4, -0.2) is 23.1 Å². The van der Waals surface area contributed by atoms with Crippen LogP contribution in [0.3, 0.4) is 0 Å². The predicted molar refractivity (Wildman–Crippen MR) is 61.0 cm³/mol. The third-order valence-corrected chi connectivity index (χ3v) is 3.56. The van der Waals surface area contributed by atoms with Crippen molar-refractivity contribution in [1.29, 1.82) is 0 Å². The quantitative estimate of drug-likeness (QED) is 0.834. The Kier molecular flexibility index (Phi) is 2.23. The highest BCUT2D eigenvalue weighted by atomic mass is 32.1. The summed E-state index contributed by atoms with van der Waals surface area (Å²) in [6.45, 7) is 2.14. The van der Waals surface area contributed by atoms with Gasteiger partial charge in [0.05, 0.1) is 5.69 Å². The molecule has 1 N–H and O–H groups in total. The normalized spacial score (nSPS) is 16.3. The zero-order valence-electron chi connectivity index (χ0n) is 8.18. The monoisotopic (exact) mass is 217 g/mol. The van der Waals surface area contributed by atoms with E-state index in [0.717, 1.165) is 23.7 Å². The summed E-state index contributed by atoms with van der Waals surface area (Å²) in [5.41, 5.74) is 2.39. The average Bonchev–Trinajstić information content (AvgIpc) is 2.66. The maximum atomic E-state index is 4.65. The van der Waals surface area contributed by atoms with Gasteiger partial charge in [0.2, 0.25) is 0 Å². The predicted octanol–water partition coefficient (Wildman–Crippen LogP) is 1.89. The Morgan fingerprint density at radius 3 is 2.73 bits per heavy atom. The summed E-state index contributed by atoms with van der Waals surface area (Å²) in [5, 5.41) is 6.53. The summed E-state index contributed by atoms with van der Waals surface area (Å²) in [7, 11) is 0. The summed E-state index contributed by atoms with van der Waals surface area (Å²) in [6.07, 6.45) is 3.61. The minimum absolute atomic E-state index is 0.622. The van der Waals surface area contributed by atoms with Crippen LogP contribution in [0.25, 0.3) is 10.6 Å². The van der Waals surface area contributed by atoms with Gasteiger partial charge in [0.25, 0.3) is 0 Å². The van der Waals surface area contributed by atoms with Crippen LogP contribution in [0.4, 0.5) is 0 Å². The Hall–Kier alpha value is -1.26. The van der Waals surface area contributed by atoms with E-state index in [0.29, 0.717) is 5.92 Å². The molecule has 3 nitrogen and oxygen atoms in total. The number of hydrogen-bond acceptors (Lipinski definition) is 4. The van der Waals surface area contributed by atoms with Crippen molar-refractivity contribution < 1.29 is 0 Å². The molecule has 3 rings (SSSR count). The van der Waals surface area contributed by atoms with E-state index in [1.54, 1.807) is 23.7 Å². The number of thiazole rings is 1. The third-order valence-electron chi connectivity index (χ3n) is 2.65. The first-order valence-electron chi connectivity index (χ1n) is 5.00. The molecule has 2 aromatic heterocycles. The first-order valence-corrected chi connectivity index (χ1v) is 5.88. The SMILES string of the molecule is c1cc(-c2nc(C3CNC3)cs2)ccn1. The van der Waals surface area contributed by atoms with E-state index in [-0.39, 0.29) is 0 Å². The van der Waals surface area contributed by atoms with Gasteiger partial charge in [-0.25, -0.2) is 4.98 Å². The van der Waals surface area contributed by atoms with Crippen molar-refractivity contribution in [1.82, 2.24) is 15.3 Å². The second kappa shape index (κ2) is 3.72. The third kappa shape index (κ3) is 1.66. The van der Waals surface area contributed by atoms with Crippen LogP contribution in [-0.2, 0) is 0 Å². The van der Waals surface area contributed by atoms with Gasteiger partial charge in [-0.15, -0.1) is 11.3 Å². The van der Waals surface area contributed by atoms with Gasteiger partial charge < -0.3 is 5.32 Å². The van der Waals surface area contributed by atoms with Crippen molar-refractivity contribution >= 4 is 11.3 Å². The molecule has 0 spiro atoms. The van der Waals surface area contributed by atoms with Crippen molar-refractivity contribution in [3.05, 3.63) is 35.6 Å². The summed E-state index contributed by atoms with van der Waals surface area (Å²) in [5.74, 6) is 0.622. The minimum Gasteiger partial charge on any atom is -0.315 e. The van der Waals surface area contributed by atoms with Crippen LogP contribution in [0.15, 0.2) is 29.9 Å². The summed E-state index contributed by atoms with van der Waals surface area (Å²) in [4.78, 5) is 8.66. The number of aromatic nitrogens is 2.